The molecule has 2 aromatic rings. The number of thiazole rings is 1. The quantitative estimate of drug-likeness (QED) is 0.514. The van der Waals surface area contributed by atoms with E-state index in [1.807, 2.05) is 29.6 Å². The third-order valence-corrected chi connectivity index (χ3v) is 4.60. The number of rotatable bonds is 8. The highest BCUT2D eigenvalue weighted by Gasteiger charge is 2.18. The zero-order valence-electron chi connectivity index (χ0n) is 16.0. The first kappa shape index (κ1) is 22.0. The molecule has 0 unspecified atom stereocenters. The molecule has 0 saturated carbocycles. The number of benzene rings is 1. The lowest BCUT2D eigenvalue weighted by atomic mass is 10.3. The third-order valence-electron chi connectivity index (χ3n) is 3.60. The number of imide groups is 1. The summed E-state index contributed by atoms with van der Waals surface area (Å²) < 4.78 is 10.5. The summed E-state index contributed by atoms with van der Waals surface area (Å²) in [6.45, 7) is 2.71. The summed E-state index contributed by atoms with van der Waals surface area (Å²) in [5, 5.41) is 2.64. The summed E-state index contributed by atoms with van der Waals surface area (Å²) in [4.78, 5) is 52.4. The highest BCUT2D eigenvalue weighted by Crippen LogP contribution is 2.22. The number of fused-ring (bicyclic) bond motifs is 1. The van der Waals surface area contributed by atoms with Crippen molar-refractivity contribution in [1.29, 1.82) is 0 Å². The van der Waals surface area contributed by atoms with Gasteiger partial charge >= 0.3 is 12.1 Å². The van der Waals surface area contributed by atoms with E-state index in [1.54, 1.807) is 13.8 Å². The van der Waals surface area contributed by atoms with Gasteiger partial charge in [0.25, 0.3) is 5.91 Å². The van der Waals surface area contributed by atoms with Crippen LogP contribution in [0.2, 0.25) is 0 Å². The number of carbonyl (C=O) groups is 4. The maximum Gasteiger partial charge on any atom is 0.413 e. The molecule has 3 amide bonds. The molecule has 154 valence electrons. The average molecular weight is 419 g/mol. The van der Waals surface area contributed by atoms with Gasteiger partial charge in [-0.3, -0.25) is 14.9 Å². The van der Waals surface area contributed by atoms with Gasteiger partial charge in [-0.05, 0) is 32.1 Å². The van der Waals surface area contributed by atoms with Crippen molar-refractivity contribution in [3.05, 3.63) is 35.3 Å². The summed E-state index contributed by atoms with van der Waals surface area (Å²) in [6.07, 6.45) is 1.82. The van der Waals surface area contributed by atoms with E-state index in [4.69, 9.17) is 4.74 Å². The molecule has 0 spiro atoms. The molecule has 1 aromatic heterocycles. The second kappa shape index (κ2) is 10.9. The Morgan fingerprint density at radius 3 is 2.62 bits per heavy atom. The van der Waals surface area contributed by atoms with Crippen molar-refractivity contribution < 1.29 is 28.7 Å². The van der Waals surface area contributed by atoms with Crippen LogP contribution >= 0.6 is 11.3 Å². The van der Waals surface area contributed by atoms with Crippen LogP contribution in [0.3, 0.4) is 0 Å². The van der Waals surface area contributed by atoms with Gasteiger partial charge in [-0.2, -0.15) is 0 Å². The van der Waals surface area contributed by atoms with Crippen LogP contribution in [0, 0.1) is 0 Å². The van der Waals surface area contributed by atoms with E-state index in [2.05, 4.69) is 9.72 Å². The van der Waals surface area contributed by atoms with Crippen LogP contribution in [0.15, 0.2) is 30.3 Å². The van der Waals surface area contributed by atoms with Crippen molar-refractivity contribution in [2.75, 3.05) is 26.3 Å². The first-order valence-corrected chi connectivity index (χ1v) is 9.69. The Kier molecular flexibility index (Phi) is 8.28. The number of para-hydroxylation sites is 1. The van der Waals surface area contributed by atoms with Gasteiger partial charge < -0.3 is 14.4 Å². The molecule has 0 bridgehead atoms. The number of nitrogens with one attached hydrogen (secondary N) is 1. The average Bonchev–Trinajstić information content (AvgIpc) is 3.11. The maximum absolute atomic E-state index is 12.1. The van der Waals surface area contributed by atoms with Crippen molar-refractivity contribution in [1.82, 2.24) is 15.2 Å². The summed E-state index contributed by atoms with van der Waals surface area (Å²) in [6, 6.07) is 7.58. The number of hydrogen-bond donors (Lipinski definition) is 1. The van der Waals surface area contributed by atoms with Gasteiger partial charge in [0, 0.05) is 12.6 Å². The zero-order valence-corrected chi connectivity index (χ0v) is 16.9. The number of nitrogens with zero attached hydrogens (tertiary/aromatic N) is 2. The molecule has 0 aliphatic carbocycles. The second-order valence-corrected chi connectivity index (χ2v) is 6.70. The molecule has 0 aliphatic rings. The lowest BCUT2D eigenvalue weighted by molar-refractivity contribution is -0.148. The molecule has 1 heterocycles. The number of esters is 1. The smallest absolute Gasteiger partial charge is 0.413 e. The van der Waals surface area contributed by atoms with Crippen molar-refractivity contribution >= 4 is 51.5 Å². The van der Waals surface area contributed by atoms with E-state index < -0.39 is 30.5 Å². The zero-order chi connectivity index (χ0) is 21.2. The summed E-state index contributed by atoms with van der Waals surface area (Å²) in [5.74, 6) is -1.96. The van der Waals surface area contributed by atoms with E-state index in [0.717, 1.165) is 15.1 Å². The van der Waals surface area contributed by atoms with Crippen LogP contribution in [0.5, 0.6) is 0 Å². The third kappa shape index (κ3) is 7.00. The molecule has 29 heavy (non-hydrogen) atoms. The molecule has 0 atom stereocenters. The van der Waals surface area contributed by atoms with Crippen LogP contribution in [-0.4, -0.2) is 60.1 Å². The Hall–Kier alpha value is -3.27. The summed E-state index contributed by atoms with van der Waals surface area (Å²) >= 11 is 1.42. The van der Waals surface area contributed by atoms with Crippen LogP contribution in [0.25, 0.3) is 16.3 Å². The fourth-order valence-electron chi connectivity index (χ4n) is 2.24. The van der Waals surface area contributed by atoms with Gasteiger partial charge in [0.05, 0.1) is 16.8 Å². The lowest BCUT2D eigenvalue weighted by Gasteiger charge is -2.19. The number of likely N-dealkylation sites (N-methyl/N-ethyl adjacent to an activating group) is 1. The molecule has 0 radical (unpaired) electrons. The number of ether oxygens (including phenoxy) is 2. The SMILES string of the molecule is CCOC(=O)NC(=O)CN(CC)C(=O)COC(=O)/C=C/c1nc2ccccc2s1. The molecule has 0 aliphatic heterocycles. The van der Waals surface area contributed by atoms with E-state index in [1.165, 1.54) is 23.5 Å². The first-order valence-electron chi connectivity index (χ1n) is 8.87. The lowest BCUT2D eigenvalue weighted by Crippen LogP contribution is -2.44. The summed E-state index contributed by atoms with van der Waals surface area (Å²) in [5.41, 5.74) is 0.834. The molecule has 10 heteroatoms. The summed E-state index contributed by atoms with van der Waals surface area (Å²) in [7, 11) is 0. The number of aromatic nitrogens is 1. The number of carbonyl (C=O) groups excluding carboxylic acids is 4. The molecular formula is C19H21N3O6S. The largest absolute Gasteiger partial charge is 0.452 e. The van der Waals surface area contributed by atoms with Crippen molar-refractivity contribution in [3.8, 4) is 0 Å². The van der Waals surface area contributed by atoms with Gasteiger partial charge in [0.15, 0.2) is 6.61 Å². The topological polar surface area (TPSA) is 115 Å². The van der Waals surface area contributed by atoms with E-state index in [0.29, 0.717) is 5.01 Å². The normalized spacial score (nSPS) is 10.7. The highest BCUT2D eigenvalue weighted by atomic mass is 32.1. The molecule has 1 N–H and O–H groups in total. The van der Waals surface area contributed by atoms with Crippen LogP contribution in [-0.2, 0) is 23.9 Å². The van der Waals surface area contributed by atoms with Gasteiger partial charge in [-0.15, -0.1) is 11.3 Å². The molecule has 9 nitrogen and oxygen atoms in total. The molecule has 1 aromatic carbocycles. The minimum atomic E-state index is -0.882. The van der Waals surface area contributed by atoms with E-state index in [9.17, 15) is 19.2 Å². The van der Waals surface area contributed by atoms with Crippen LogP contribution in [0.4, 0.5) is 4.79 Å². The van der Waals surface area contributed by atoms with Crippen molar-refractivity contribution in [2.45, 2.75) is 13.8 Å². The molecule has 2 rings (SSSR count). The Morgan fingerprint density at radius 1 is 1.17 bits per heavy atom. The molecular weight excluding hydrogens is 398 g/mol. The van der Waals surface area contributed by atoms with Gasteiger partial charge in [-0.1, -0.05) is 12.1 Å². The Morgan fingerprint density at radius 2 is 1.93 bits per heavy atom. The molecule has 0 fully saturated rings. The fraction of sp³-hybridized carbons (Fsp3) is 0.316. The predicted octanol–water partition coefficient (Wildman–Crippen LogP) is 1.97. The minimum Gasteiger partial charge on any atom is -0.452 e. The highest BCUT2D eigenvalue weighted by molar-refractivity contribution is 7.19. The maximum atomic E-state index is 12.1. The van der Waals surface area contributed by atoms with Crippen molar-refractivity contribution in [2.24, 2.45) is 0 Å². The number of amides is 3. The Bertz CT molecular complexity index is 891. The van der Waals surface area contributed by atoms with Crippen molar-refractivity contribution in [3.63, 3.8) is 0 Å². The minimum absolute atomic E-state index is 0.121. The van der Waals surface area contributed by atoms with Crippen LogP contribution in [0.1, 0.15) is 18.9 Å². The monoisotopic (exact) mass is 419 g/mol. The Balaban J connectivity index is 1.81. The first-order chi connectivity index (χ1) is 13.9. The van der Waals surface area contributed by atoms with Crippen LogP contribution < -0.4 is 5.32 Å². The van der Waals surface area contributed by atoms with Gasteiger partial charge in [0.1, 0.15) is 11.6 Å². The van der Waals surface area contributed by atoms with E-state index in [-0.39, 0.29) is 19.7 Å². The number of alkyl carbamates (subject to hydrolysis) is 1. The standard InChI is InChI=1S/C19H21N3O6S/c1-3-22(11-15(23)21-19(26)27-4-2)17(24)12-28-18(25)10-9-16-20-13-7-5-6-8-14(13)29-16/h5-10H,3-4,11-12H2,1-2H3,(H,21,23,26)/b10-9+. The second-order valence-electron chi connectivity index (χ2n) is 5.64. The van der Waals surface area contributed by atoms with Gasteiger partial charge in [-0.25, -0.2) is 14.6 Å². The fourth-order valence-corrected chi connectivity index (χ4v) is 3.11. The van der Waals surface area contributed by atoms with Gasteiger partial charge in [0.2, 0.25) is 5.91 Å². The number of hydrogen-bond acceptors (Lipinski definition) is 8. The Labute approximate surface area is 171 Å². The van der Waals surface area contributed by atoms with E-state index >= 15 is 0 Å². The molecule has 0 saturated heterocycles. The predicted molar refractivity (Wildman–Crippen MR) is 107 cm³/mol.